The van der Waals surface area contributed by atoms with Gasteiger partial charge in [0.25, 0.3) is 17.5 Å². The van der Waals surface area contributed by atoms with Crippen LogP contribution in [0, 0.1) is 24.0 Å². The molecule has 2 heterocycles. The summed E-state index contributed by atoms with van der Waals surface area (Å²) in [4.78, 5) is 46.8. The van der Waals surface area contributed by atoms with Crippen LogP contribution in [0.1, 0.15) is 27.0 Å². The highest BCUT2D eigenvalue weighted by Gasteiger charge is 2.25. The quantitative estimate of drug-likeness (QED) is 0.101. The zero-order valence-electron chi connectivity index (χ0n) is 23.7. The van der Waals surface area contributed by atoms with Gasteiger partial charge in [-0.2, -0.15) is 0 Å². The van der Waals surface area contributed by atoms with E-state index in [4.69, 9.17) is 11.6 Å². The molecule has 6 rings (SSSR count). The van der Waals surface area contributed by atoms with Crippen LogP contribution in [0.4, 0.5) is 17.1 Å². The van der Waals surface area contributed by atoms with E-state index in [9.17, 15) is 19.7 Å². The van der Waals surface area contributed by atoms with E-state index < -0.39 is 4.92 Å². The molecule has 0 saturated carbocycles. The molecule has 1 aliphatic heterocycles. The van der Waals surface area contributed by atoms with Crippen LogP contribution < -0.4 is 10.6 Å². The molecule has 0 radical (unpaired) electrons. The third-order valence-corrected chi connectivity index (χ3v) is 10.1. The van der Waals surface area contributed by atoms with Crippen LogP contribution in [0.25, 0.3) is 16.3 Å². The Morgan fingerprint density at radius 2 is 1.84 bits per heavy atom. The number of carbonyl (C=O) groups is 2. The SMILES string of the molecule is Cc1ccc(N=C2NC(=O)/C(=C/c3ccc(Sc4nc5ccc(NC(=O)c6ccc(Cl)cc6)cc5s4)c([N+](=O)[O-])c3)S2)cc1C. The molecule has 0 aliphatic carbocycles. The van der Waals surface area contributed by atoms with Crippen molar-refractivity contribution in [3.05, 3.63) is 121 Å². The zero-order valence-corrected chi connectivity index (χ0v) is 26.9. The van der Waals surface area contributed by atoms with E-state index in [0.29, 0.717) is 46.7 Å². The number of nitro benzene ring substituents is 1. The Kier molecular flexibility index (Phi) is 8.72. The van der Waals surface area contributed by atoms with Gasteiger partial charge in [-0.1, -0.05) is 35.5 Å². The van der Waals surface area contributed by atoms with Gasteiger partial charge in [0.1, 0.15) is 0 Å². The molecule has 4 aromatic carbocycles. The van der Waals surface area contributed by atoms with Gasteiger partial charge in [-0.15, -0.1) is 11.3 Å². The van der Waals surface area contributed by atoms with Gasteiger partial charge in [0.05, 0.1) is 30.6 Å². The van der Waals surface area contributed by atoms with Gasteiger partial charge < -0.3 is 10.6 Å². The van der Waals surface area contributed by atoms with Gasteiger partial charge in [-0.05, 0) is 109 Å². The lowest BCUT2D eigenvalue weighted by Crippen LogP contribution is -2.19. The number of hydrogen-bond donors (Lipinski definition) is 2. The number of rotatable bonds is 7. The van der Waals surface area contributed by atoms with E-state index in [0.717, 1.165) is 21.5 Å². The van der Waals surface area contributed by atoms with Gasteiger partial charge in [-0.25, -0.2) is 9.98 Å². The van der Waals surface area contributed by atoms with E-state index >= 15 is 0 Å². The highest BCUT2D eigenvalue weighted by Crippen LogP contribution is 2.40. The number of amides is 2. The average molecular weight is 672 g/mol. The Morgan fingerprint density at radius 3 is 2.60 bits per heavy atom. The molecule has 1 fully saturated rings. The monoisotopic (exact) mass is 671 g/mol. The van der Waals surface area contributed by atoms with Crippen LogP contribution in [0.5, 0.6) is 0 Å². The fourth-order valence-electron chi connectivity index (χ4n) is 4.32. The van der Waals surface area contributed by atoms with E-state index in [1.54, 1.807) is 54.6 Å². The molecule has 1 aromatic heterocycles. The van der Waals surface area contributed by atoms with E-state index in [-0.39, 0.29) is 17.5 Å². The van der Waals surface area contributed by atoms with Crippen molar-refractivity contribution < 1.29 is 14.5 Å². The summed E-state index contributed by atoms with van der Waals surface area (Å²) in [6, 6.07) is 22.6. The maximum absolute atomic E-state index is 12.6. The second kappa shape index (κ2) is 12.9. The normalized spacial score (nSPS) is 14.7. The smallest absolute Gasteiger partial charge is 0.283 e. The Hall–Kier alpha value is -4.49. The molecule has 9 nitrogen and oxygen atoms in total. The average Bonchev–Trinajstić information content (AvgIpc) is 3.57. The first-order valence-electron chi connectivity index (χ1n) is 13.4. The number of thiazole rings is 1. The predicted molar refractivity (Wildman–Crippen MR) is 183 cm³/mol. The van der Waals surface area contributed by atoms with E-state index in [1.807, 2.05) is 38.1 Å². The Morgan fingerprint density at radius 1 is 1.04 bits per heavy atom. The summed E-state index contributed by atoms with van der Waals surface area (Å²) in [5, 5.41) is 18.6. The van der Waals surface area contributed by atoms with Crippen LogP contribution in [0.15, 0.2) is 98.0 Å². The van der Waals surface area contributed by atoms with Gasteiger partial charge in [-0.3, -0.25) is 19.7 Å². The van der Waals surface area contributed by atoms with Crippen molar-refractivity contribution in [2.45, 2.75) is 23.1 Å². The summed E-state index contributed by atoms with van der Waals surface area (Å²) in [5.41, 5.74) is 5.18. The number of anilines is 1. The number of aryl methyl sites for hydroxylation is 2. The number of aliphatic imine (C=N–C) groups is 1. The molecule has 2 amide bonds. The number of aromatic nitrogens is 1. The number of hydrogen-bond acceptors (Lipinski definition) is 9. The standard InChI is InChI=1S/C32H22ClN5O4S3/c1-17-3-9-22(13-18(17)2)35-31-37-30(40)28(43-31)15-19-4-12-26(25(14-19)38(41)42)44-32-36-24-11-10-23(16-27(24)45-32)34-29(39)20-5-7-21(33)8-6-20/h3-16H,1-2H3,(H,34,39)(H,35,37,40)/b28-15-. The fourth-order valence-corrected chi connectivity index (χ4v) is 7.44. The molecule has 0 spiro atoms. The highest BCUT2D eigenvalue weighted by atomic mass is 35.5. The molecule has 0 bridgehead atoms. The lowest BCUT2D eigenvalue weighted by atomic mass is 10.1. The Labute approximate surface area is 275 Å². The number of halogens is 1. The van der Waals surface area contributed by atoms with Crippen molar-refractivity contribution in [2.24, 2.45) is 4.99 Å². The van der Waals surface area contributed by atoms with Crippen LogP contribution in [0.2, 0.25) is 5.02 Å². The molecule has 1 saturated heterocycles. The second-order valence-electron chi connectivity index (χ2n) is 9.96. The van der Waals surface area contributed by atoms with Gasteiger partial charge in [0, 0.05) is 22.3 Å². The van der Waals surface area contributed by atoms with Crippen LogP contribution in [0.3, 0.4) is 0 Å². The molecule has 2 N–H and O–H groups in total. The molecule has 1 aliphatic rings. The number of nitro groups is 1. The second-order valence-corrected chi connectivity index (χ2v) is 13.7. The molecular formula is C32H22ClN5O4S3. The third-order valence-electron chi connectivity index (χ3n) is 6.78. The van der Waals surface area contributed by atoms with Gasteiger partial charge in [0.2, 0.25) is 0 Å². The van der Waals surface area contributed by atoms with E-state index in [1.165, 1.54) is 40.9 Å². The van der Waals surface area contributed by atoms with Crippen molar-refractivity contribution in [2.75, 3.05) is 5.32 Å². The summed E-state index contributed by atoms with van der Waals surface area (Å²) in [6.45, 7) is 4.02. The number of nitrogens with one attached hydrogen (secondary N) is 2. The minimum Gasteiger partial charge on any atom is -0.322 e. The fraction of sp³-hybridized carbons (Fsp3) is 0.0625. The largest absolute Gasteiger partial charge is 0.322 e. The Balaban J connectivity index is 1.19. The first-order valence-corrected chi connectivity index (χ1v) is 16.2. The maximum atomic E-state index is 12.6. The first-order chi connectivity index (χ1) is 21.6. The summed E-state index contributed by atoms with van der Waals surface area (Å²) in [5.74, 6) is -0.587. The summed E-state index contributed by atoms with van der Waals surface area (Å²) in [6.07, 6.45) is 1.61. The molecule has 5 aromatic rings. The summed E-state index contributed by atoms with van der Waals surface area (Å²) < 4.78 is 1.43. The number of carbonyl (C=O) groups excluding carboxylic acids is 2. The van der Waals surface area contributed by atoms with Crippen molar-refractivity contribution in [3.8, 4) is 0 Å². The van der Waals surface area contributed by atoms with E-state index in [2.05, 4.69) is 20.6 Å². The summed E-state index contributed by atoms with van der Waals surface area (Å²) in [7, 11) is 0. The van der Waals surface area contributed by atoms with Crippen LogP contribution in [-0.4, -0.2) is 26.9 Å². The number of benzene rings is 4. The van der Waals surface area contributed by atoms with Crippen LogP contribution >= 0.6 is 46.5 Å². The van der Waals surface area contributed by atoms with Crippen LogP contribution in [-0.2, 0) is 4.79 Å². The molecular weight excluding hydrogens is 650 g/mol. The lowest BCUT2D eigenvalue weighted by molar-refractivity contribution is -0.387. The van der Waals surface area contributed by atoms with Crippen molar-refractivity contribution in [1.82, 2.24) is 10.3 Å². The topological polar surface area (TPSA) is 127 Å². The number of nitrogens with zero attached hydrogens (tertiary/aromatic N) is 3. The minimum absolute atomic E-state index is 0.100. The molecule has 224 valence electrons. The highest BCUT2D eigenvalue weighted by molar-refractivity contribution is 8.18. The predicted octanol–water partition coefficient (Wildman–Crippen LogP) is 8.77. The maximum Gasteiger partial charge on any atom is 0.283 e. The van der Waals surface area contributed by atoms with Gasteiger partial charge >= 0.3 is 0 Å². The van der Waals surface area contributed by atoms with Crippen molar-refractivity contribution in [3.63, 3.8) is 0 Å². The number of thioether (sulfide) groups is 1. The minimum atomic E-state index is -0.448. The zero-order chi connectivity index (χ0) is 31.7. The molecule has 0 unspecified atom stereocenters. The summed E-state index contributed by atoms with van der Waals surface area (Å²) >= 11 is 9.64. The van der Waals surface area contributed by atoms with Crippen molar-refractivity contribution in [1.29, 1.82) is 0 Å². The number of amidine groups is 1. The van der Waals surface area contributed by atoms with Crippen molar-refractivity contribution >= 4 is 96.8 Å². The molecule has 0 atom stereocenters. The third kappa shape index (κ3) is 7.10. The number of fused-ring (bicyclic) bond motifs is 1. The molecule has 45 heavy (non-hydrogen) atoms. The van der Waals surface area contributed by atoms with Gasteiger partial charge in [0.15, 0.2) is 9.51 Å². The molecule has 13 heteroatoms. The lowest BCUT2D eigenvalue weighted by Gasteiger charge is -2.05. The first kappa shape index (κ1) is 30.5. The Bertz CT molecular complexity index is 2080.